The Bertz CT molecular complexity index is 1930. The zero-order valence-electron chi connectivity index (χ0n) is 35.5. The van der Waals surface area contributed by atoms with E-state index in [2.05, 4.69) is 74.5 Å². The number of fused-ring (bicyclic) bond motifs is 1. The molecule has 0 unspecified atom stereocenters. The highest BCUT2D eigenvalue weighted by Gasteiger charge is 2.37. The number of nitrogens with zero attached hydrogens (tertiary/aromatic N) is 4. The fourth-order valence-electron chi connectivity index (χ4n) is 7.98. The molecule has 1 aliphatic heterocycles. The van der Waals surface area contributed by atoms with E-state index in [1.54, 1.807) is 6.20 Å². The van der Waals surface area contributed by atoms with Gasteiger partial charge in [-0.25, -0.2) is 0 Å². The lowest BCUT2D eigenvalue weighted by molar-refractivity contribution is -0.132. The molecule has 2 aliphatic rings. The maximum absolute atomic E-state index is 13.8. The molecule has 1 saturated heterocycles. The average molecular weight is 801 g/mol. The number of aliphatic hydroxyl groups excluding tert-OH is 2. The number of aliphatic hydroxyl groups is 2. The molecular weight excluding hydrogens is 737 g/mol. The first kappa shape index (κ1) is 45.2. The summed E-state index contributed by atoms with van der Waals surface area (Å²) >= 11 is 0. The number of β-amino-alcohol motifs (C(OH)–C–C–N with tert-alkyl or cyclic N) is 1. The second-order valence-corrected chi connectivity index (χ2v) is 17.2. The molecular formula is C49H64N6O4. The molecule has 0 radical (unpaired) electrons. The minimum absolute atomic E-state index is 0.0712. The Kier molecular flexibility index (Phi) is 16.8. The molecule has 4 aromatic rings. The van der Waals surface area contributed by atoms with E-state index in [-0.39, 0.29) is 24.8 Å². The third-order valence-electron chi connectivity index (χ3n) is 11.2. The topological polar surface area (TPSA) is 121 Å². The van der Waals surface area contributed by atoms with Crippen LogP contribution in [0.1, 0.15) is 68.0 Å². The number of benzene rings is 3. The molecule has 314 valence electrons. The van der Waals surface area contributed by atoms with Gasteiger partial charge >= 0.3 is 0 Å². The van der Waals surface area contributed by atoms with Crippen LogP contribution >= 0.6 is 0 Å². The summed E-state index contributed by atoms with van der Waals surface area (Å²) in [6, 6.07) is 31.6. The molecule has 6 rings (SSSR count). The van der Waals surface area contributed by atoms with E-state index in [4.69, 9.17) is 6.42 Å². The first-order valence-corrected chi connectivity index (χ1v) is 20.9. The summed E-state index contributed by atoms with van der Waals surface area (Å²) in [6.45, 7) is 11.7. The number of amides is 2. The number of carbonyl (C=O) groups is 2. The average Bonchev–Trinajstić information content (AvgIpc) is 3.53. The normalized spacial score (nSPS) is 19.7. The third kappa shape index (κ3) is 14.1. The number of aromatic nitrogens is 1. The molecule has 0 bridgehead atoms. The van der Waals surface area contributed by atoms with E-state index >= 15 is 0 Å². The number of pyridine rings is 1. The highest BCUT2D eigenvalue weighted by atomic mass is 16.3. The summed E-state index contributed by atoms with van der Waals surface area (Å²) in [7, 11) is 2.06. The highest BCUT2D eigenvalue weighted by molar-refractivity contribution is 5.83. The smallest absolute Gasteiger partial charge is 0.239 e. The summed E-state index contributed by atoms with van der Waals surface area (Å²) in [6.07, 6.45) is 9.58. The van der Waals surface area contributed by atoms with Gasteiger partial charge in [0.25, 0.3) is 0 Å². The Hall–Kier alpha value is -4.89. The number of hydrogen-bond acceptors (Lipinski definition) is 8. The third-order valence-corrected chi connectivity index (χ3v) is 11.2. The van der Waals surface area contributed by atoms with Crippen LogP contribution < -0.4 is 10.6 Å². The van der Waals surface area contributed by atoms with Gasteiger partial charge in [-0.1, -0.05) is 96.9 Å². The van der Waals surface area contributed by atoms with Gasteiger partial charge in [0.05, 0.1) is 24.8 Å². The molecule has 0 saturated carbocycles. The summed E-state index contributed by atoms with van der Waals surface area (Å²) in [4.78, 5) is 38.1. The van der Waals surface area contributed by atoms with Gasteiger partial charge in [0, 0.05) is 69.0 Å². The number of carbonyl (C=O) groups excluding carboxylic acids is 2. The Labute approximate surface area is 352 Å². The van der Waals surface area contributed by atoms with E-state index < -0.39 is 35.7 Å². The van der Waals surface area contributed by atoms with Gasteiger partial charge in [0.2, 0.25) is 11.8 Å². The largest absolute Gasteiger partial charge is 0.392 e. The highest BCUT2D eigenvalue weighted by Crippen LogP contribution is 2.32. The van der Waals surface area contributed by atoms with E-state index in [1.165, 1.54) is 5.56 Å². The van der Waals surface area contributed by atoms with Crippen LogP contribution in [0, 0.1) is 18.3 Å². The van der Waals surface area contributed by atoms with Gasteiger partial charge in [-0.3, -0.25) is 29.3 Å². The van der Waals surface area contributed by atoms with Crippen molar-refractivity contribution in [3.05, 3.63) is 137 Å². The van der Waals surface area contributed by atoms with E-state index in [1.807, 2.05) is 99.8 Å². The minimum Gasteiger partial charge on any atom is -0.392 e. The molecule has 2 heterocycles. The second kappa shape index (κ2) is 21.9. The van der Waals surface area contributed by atoms with Crippen molar-refractivity contribution in [1.82, 2.24) is 30.3 Å². The zero-order valence-corrected chi connectivity index (χ0v) is 35.5. The fraction of sp³-hybridized carbons (Fsp3) is 0.449. The van der Waals surface area contributed by atoms with Gasteiger partial charge in [-0.05, 0) is 87.9 Å². The Morgan fingerprint density at radius 1 is 0.932 bits per heavy atom. The van der Waals surface area contributed by atoms with Gasteiger partial charge < -0.3 is 20.8 Å². The van der Waals surface area contributed by atoms with Gasteiger partial charge in [-0.2, -0.15) is 0 Å². The number of terminal acetylenes is 1. The summed E-state index contributed by atoms with van der Waals surface area (Å²) in [5, 5.41) is 28.5. The molecule has 10 nitrogen and oxygen atoms in total. The Morgan fingerprint density at radius 3 is 2.22 bits per heavy atom. The van der Waals surface area contributed by atoms with Crippen LogP contribution in [0.5, 0.6) is 0 Å². The Morgan fingerprint density at radius 2 is 1.58 bits per heavy atom. The number of likely N-dealkylation sites (N-methyl/N-ethyl adjacent to an activating group) is 1. The number of hydrogen-bond donors (Lipinski definition) is 4. The summed E-state index contributed by atoms with van der Waals surface area (Å²) < 4.78 is 0. The lowest BCUT2D eigenvalue weighted by Gasteiger charge is -2.42. The molecule has 6 atom stereocenters. The van der Waals surface area contributed by atoms with Crippen molar-refractivity contribution >= 4 is 11.8 Å². The van der Waals surface area contributed by atoms with Crippen LogP contribution in [-0.4, -0.2) is 111 Å². The van der Waals surface area contributed by atoms with E-state index in [9.17, 15) is 19.8 Å². The molecule has 0 spiro atoms. The monoisotopic (exact) mass is 800 g/mol. The second-order valence-electron chi connectivity index (χ2n) is 17.2. The van der Waals surface area contributed by atoms with Crippen molar-refractivity contribution < 1.29 is 19.8 Å². The number of piperazine rings is 1. The van der Waals surface area contributed by atoms with Crippen molar-refractivity contribution in [1.29, 1.82) is 0 Å². The predicted molar refractivity (Wildman–Crippen MR) is 235 cm³/mol. The first-order chi connectivity index (χ1) is 28.3. The van der Waals surface area contributed by atoms with E-state index in [0.29, 0.717) is 45.1 Å². The maximum atomic E-state index is 13.8. The molecule has 1 aliphatic carbocycles. The molecule has 1 aromatic heterocycles. The summed E-state index contributed by atoms with van der Waals surface area (Å²) in [5.74, 6) is 1.88. The van der Waals surface area contributed by atoms with Crippen molar-refractivity contribution in [2.45, 2.75) is 95.8 Å². The maximum Gasteiger partial charge on any atom is 0.239 e. The van der Waals surface area contributed by atoms with Crippen LogP contribution in [0.25, 0.3) is 0 Å². The van der Waals surface area contributed by atoms with Crippen LogP contribution in [-0.2, 0) is 35.4 Å². The Balaban J connectivity index is 0.000000400. The van der Waals surface area contributed by atoms with Gasteiger partial charge in [0.1, 0.15) is 6.04 Å². The van der Waals surface area contributed by atoms with Crippen molar-refractivity contribution in [2.24, 2.45) is 5.92 Å². The zero-order chi connectivity index (χ0) is 42.4. The molecule has 3 aromatic carbocycles. The number of nitrogens with one attached hydrogen (secondary N) is 2. The number of rotatable bonds is 15. The van der Waals surface area contributed by atoms with Crippen LogP contribution in [0.2, 0.25) is 0 Å². The van der Waals surface area contributed by atoms with Crippen LogP contribution in [0.15, 0.2) is 109 Å². The van der Waals surface area contributed by atoms with Crippen LogP contribution in [0.4, 0.5) is 0 Å². The van der Waals surface area contributed by atoms with Gasteiger partial charge in [0.15, 0.2) is 0 Å². The lowest BCUT2D eigenvalue weighted by Crippen LogP contribution is -2.61. The lowest BCUT2D eigenvalue weighted by atomic mass is 9.91. The van der Waals surface area contributed by atoms with Crippen molar-refractivity contribution in [3.8, 4) is 12.3 Å². The SMILES string of the molecule is C#CCN(C)[C@H](C)Cc1ccccc1.CC(C)(C)NC(=O)[C@@H]1CN(Cc2cccnc2)CCN1C[C@@H](O)C[C@@H](Cc1ccccc1)C(=O)N[C@H]1c2ccccc2C[C@H]1O. The van der Waals surface area contributed by atoms with E-state index in [0.717, 1.165) is 35.2 Å². The molecule has 4 N–H and O–H groups in total. The van der Waals surface area contributed by atoms with Crippen molar-refractivity contribution in [2.75, 3.05) is 39.8 Å². The molecule has 2 amide bonds. The van der Waals surface area contributed by atoms with Gasteiger partial charge in [-0.15, -0.1) is 6.42 Å². The minimum atomic E-state index is -0.833. The fourth-order valence-corrected chi connectivity index (χ4v) is 7.98. The molecule has 10 heteroatoms. The predicted octanol–water partition coefficient (Wildman–Crippen LogP) is 5.05. The standard InChI is InChI=1S/C36H47N5O4.C13H17N/c1-36(2,3)39-35(45)31-24-40(22-26-12-9-15-37-21-26)16-17-41(31)23-29(42)19-28(18-25-10-5-4-6-11-25)34(44)38-33-30-14-8-7-13-27(30)20-32(33)43;1-4-10-14(3)12(2)11-13-8-6-5-7-9-13/h4-15,21,28-29,31-33,42-43H,16-20,22-24H2,1-3H3,(H,38,44)(H,39,45);1,5-9,12H,10-11H2,2-3H3/t28-,29+,31+,32-,33+;12-/m11/s1. The van der Waals surface area contributed by atoms with Crippen molar-refractivity contribution in [3.63, 3.8) is 0 Å². The summed E-state index contributed by atoms with van der Waals surface area (Å²) in [5.41, 5.74) is 5.04. The quantitative estimate of drug-likeness (QED) is 0.124. The van der Waals surface area contributed by atoms with Crippen LogP contribution in [0.3, 0.4) is 0 Å². The first-order valence-electron chi connectivity index (χ1n) is 20.9. The molecule has 1 fully saturated rings. The molecule has 59 heavy (non-hydrogen) atoms.